The third-order valence-corrected chi connectivity index (χ3v) is 7.57. The third-order valence-electron chi connectivity index (χ3n) is 3.85. The smallest absolute Gasteiger partial charge is 0.0772 e. The lowest BCUT2D eigenvalue weighted by atomic mass is 10.4. The molecule has 0 aliphatic heterocycles. The monoisotopic (exact) mass is 334 g/mol. The van der Waals surface area contributed by atoms with Crippen molar-refractivity contribution in [2.45, 2.75) is 0 Å². The molecule has 0 saturated heterocycles. The molecule has 0 atom stereocenters. The Kier molecular flexibility index (Phi) is 5.25. The highest BCUT2D eigenvalue weighted by Crippen LogP contribution is 2.46. The fourth-order valence-electron chi connectivity index (χ4n) is 2.82. The number of benzene rings is 3. The molecular weight excluding hydrogens is 315 g/mol. The Balaban J connectivity index is 2.35. The molecule has 0 aliphatic rings. The molecule has 0 unspecified atom stereocenters. The predicted octanol–water partition coefficient (Wildman–Crippen LogP) is 3.62. The van der Waals surface area contributed by atoms with Gasteiger partial charge in [-0.25, -0.2) is 0 Å². The van der Waals surface area contributed by atoms with Gasteiger partial charge in [-0.1, -0.05) is 91.0 Å². The Morgan fingerprint density at radius 2 is 1.04 bits per heavy atom. The van der Waals surface area contributed by atoms with Crippen molar-refractivity contribution in [3.8, 4) is 0 Å². The van der Waals surface area contributed by atoms with E-state index < -0.39 is 7.05 Å². The van der Waals surface area contributed by atoms with Gasteiger partial charge in [-0.15, -0.1) is 5.16 Å². The molecule has 3 aromatic carbocycles. The maximum atomic E-state index is 8.80. The minimum absolute atomic E-state index is 0.364. The number of oxime groups is 1. The highest BCUT2D eigenvalue weighted by Gasteiger charge is 2.26. The summed E-state index contributed by atoms with van der Waals surface area (Å²) in [6.45, 7) is 0.364. The molecule has 0 heterocycles. The van der Waals surface area contributed by atoms with Crippen LogP contribution in [-0.4, -0.2) is 18.0 Å². The van der Waals surface area contributed by atoms with Crippen LogP contribution < -0.4 is 15.9 Å². The fourth-order valence-corrected chi connectivity index (χ4v) is 6.33. The molecule has 0 radical (unpaired) electrons. The summed E-state index contributed by atoms with van der Waals surface area (Å²) < 4.78 is 5.06. The SMILES string of the molecule is ON=CCN=P(c1ccccc1)(c1ccccc1)c1ccccc1. The summed E-state index contributed by atoms with van der Waals surface area (Å²) in [6, 6.07) is 31.1. The molecule has 0 saturated carbocycles. The van der Waals surface area contributed by atoms with Gasteiger partial charge in [0.25, 0.3) is 0 Å². The highest BCUT2D eigenvalue weighted by molar-refractivity contribution is 7.87. The molecule has 0 fully saturated rings. The fraction of sp³-hybridized carbons (Fsp3) is 0.0500. The summed E-state index contributed by atoms with van der Waals surface area (Å²) in [5, 5.41) is 15.5. The zero-order chi connectivity index (χ0) is 16.7. The topological polar surface area (TPSA) is 45.0 Å². The van der Waals surface area contributed by atoms with Crippen molar-refractivity contribution in [1.82, 2.24) is 0 Å². The van der Waals surface area contributed by atoms with E-state index in [1.807, 2.05) is 54.6 Å². The van der Waals surface area contributed by atoms with Crippen molar-refractivity contribution in [3.05, 3.63) is 91.0 Å². The summed E-state index contributed by atoms with van der Waals surface area (Å²) in [6.07, 6.45) is 1.43. The van der Waals surface area contributed by atoms with Gasteiger partial charge in [0.2, 0.25) is 0 Å². The van der Waals surface area contributed by atoms with Crippen LogP contribution in [0.1, 0.15) is 0 Å². The molecule has 0 amide bonds. The van der Waals surface area contributed by atoms with E-state index in [1.54, 1.807) is 0 Å². The second-order valence-electron chi connectivity index (χ2n) is 5.26. The Labute approximate surface area is 142 Å². The Morgan fingerprint density at radius 3 is 1.38 bits per heavy atom. The second-order valence-corrected chi connectivity index (χ2v) is 8.37. The van der Waals surface area contributed by atoms with Crippen LogP contribution in [0, 0.1) is 0 Å². The van der Waals surface area contributed by atoms with E-state index in [-0.39, 0.29) is 0 Å². The van der Waals surface area contributed by atoms with Gasteiger partial charge in [0.05, 0.1) is 19.8 Å². The number of rotatable bonds is 5. The quantitative estimate of drug-likeness (QED) is 0.329. The summed E-state index contributed by atoms with van der Waals surface area (Å²) >= 11 is 0. The van der Waals surface area contributed by atoms with Gasteiger partial charge in [0.1, 0.15) is 0 Å². The van der Waals surface area contributed by atoms with Gasteiger partial charge in [-0.05, 0) is 0 Å². The Morgan fingerprint density at radius 1 is 0.667 bits per heavy atom. The van der Waals surface area contributed by atoms with Crippen molar-refractivity contribution in [2.24, 2.45) is 9.90 Å². The summed E-state index contributed by atoms with van der Waals surface area (Å²) in [7, 11) is -2.16. The molecule has 4 heteroatoms. The van der Waals surface area contributed by atoms with Gasteiger partial charge < -0.3 is 5.21 Å². The van der Waals surface area contributed by atoms with Crippen LogP contribution in [-0.2, 0) is 0 Å². The second kappa shape index (κ2) is 7.76. The first-order valence-corrected chi connectivity index (χ1v) is 9.53. The van der Waals surface area contributed by atoms with Crippen LogP contribution in [0.3, 0.4) is 0 Å². The predicted molar refractivity (Wildman–Crippen MR) is 103 cm³/mol. The number of hydrogen-bond acceptors (Lipinski definition) is 3. The lowest BCUT2D eigenvalue weighted by Crippen LogP contribution is -2.25. The van der Waals surface area contributed by atoms with E-state index in [4.69, 9.17) is 9.95 Å². The van der Waals surface area contributed by atoms with Crippen molar-refractivity contribution in [1.29, 1.82) is 0 Å². The van der Waals surface area contributed by atoms with Crippen LogP contribution in [0.15, 0.2) is 101 Å². The van der Waals surface area contributed by atoms with Crippen LogP contribution >= 0.6 is 7.05 Å². The summed E-state index contributed by atoms with van der Waals surface area (Å²) in [4.78, 5) is 0. The van der Waals surface area contributed by atoms with Gasteiger partial charge in [-0.3, -0.25) is 4.74 Å². The first-order chi connectivity index (χ1) is 11.9. The van der Waals surface area contributed by atoms with Gasteiger partial charge in [0.15, 0.2) is 0 Å². The first kappa shape index (κ1) is 16.2. The minimum atomic E-state index is -2.16. The van der Waals surface area contributed by atoms with Gasteiger partial charge >= 0.3 is 0 Å². The minimum Gasteiger partial charge on any atom is -0.411 e. The van der Waals surface area contributed by atoms with E-state index >= 15 is 0 Å². The molecular formula is C20H19N2OP. The van der Waals surface area contributed by atoms with Crippen molar-refractivity contribution >= 4 is 29.2 Å². The molecule has 0 aliphatic carbocycles. The van der Waals surface area contributed by atoms with Gasteiger partial charge in [0, 0.05) is 15.9 Å². The maximum Gasteiger partial charge on any atom is 0.0772 e. The number of nitrogens with zero attached hydrogens (tertiary/aromatic N) is 2. The zero-order valence-corrected chi connectivity index (χ0v) is 14.1. The van der Waals surface area contributed by atoms with Crippen molar-refractivity contribution in [3.63, 3.8) is 0 Å². The third kappa shape index (κ3) is 3.17. The van der Waals surface area contributed by atoms with Crippen LogP contribution in [0.4, 0.5) is 0 Å². The normalized spacial score (nSPS) is 11.5. The lowest BCUT2D eigenvalue weighted by Gasteiger charge is -2.26. The average molecular weight is 334 g/mol. The largest absolute Gasteiger partial charge is 0.411 e. The molecule has 120 valence electrons. The Bertz CT molecular complexity index is 743. The van der Waals surface area contributed by atoms with Crippen molar-refractivity contribution in [2.75, 3.05) is 6.54 Å². The molecule has 1 N–H and O–H groups in total. The van der Waals surface area contributed by atoms with E-state index in [0.717, 1.165) is 0 Å². The average Bonchev–Trinajstić information content (AvgIpc) is 2.68. The van der Waals surface area contributed by atoms with E-state index in [2.05, 4.69) is 41.6 Å². The standard InChI is InChI=1S/C20H19N2OP/c23-21-16-17-22-24(18-10-4-1-5-11-18,19-12-6-2-7-13-19)20-14-8-3-9-15-20/h1-16,23H,17H2. The Hall–Kier alpha value is -2.64. The highest BCUT2D eigenvalue weighted by atomic mass is 31.2. The molecule has 0 bridgehead atoms. The molecule has 3 rings (SSSR count). The van der Waals surface area contributed by atoms with Gasteiger partial charge in [-0.2, -0.15) is 0 Å². The lowest BCUT2D eigenvalue weighted by molar-refractivity contribution is 0.321. The zero-order valence-electron chi connectivity index (χ0n) is 13.2. The molecule has 3 nitrogen and oxygen atoms in total. The summed E-state index contributed by atoms with van der Waals surface area (Å²) in [5.74, 6) is 0. The van der Waals surface area contributed by atoms with Crippen LogP contribution in [0.25, 0.3) is 0 Å². The van der Waals surface area contributed by atoms with E-state index in [0.29, 0.717) is 6.54 Å². The molecule has 0 spiro atoms. The van der Waals surface area contributed by atoms with Crippen LogP contribution in [0.5, 0.6) is 0 Å². The molecule has 0 aromatic heterocycles. The maximum absolute atomic E-state index is 8.80. The van der Waals surface area contributed by atoms with Crippen molar-refractivity contribution < 1.29 is 5.21 Å². The van der Waals surface area contributed by atoms with Crippen LogP contribution in [0.2, 0.25) is 0 Å². The van der Waals surface area contributed by atoms with E-state index in [9.17, 15) is 0 Å². The number of hydrogen-bond donors (Lipinski definition) is 1. The van der Waals surface area contributed by atoms with E-state index in [1.165, 1.54) is 22.1 Å². The molecule has 3 aromatic rings. The first-order valence-electron chi connectivity index (χ1n) is 7.79. The molecule has 24 heavy (non-hydrogen) atoms. The summed E-state index contributed by atoms with van der Waals surface area (Å²) in [5.41, 5.74) is 0.